The molecule has 0 atom stereocenters. The molecule has 0 bridgehead atoms. The third-order valence-electron chi connectivity index (χ3n) is 2.24. The minimum Gasteiger partial charge on any atom is -0.437 e. The zero-order valence-corrected chi connectivity index (χ0v) is 9.50. The largest absolute Gasteiger partial charge is 0.437 e. The first kappa shape index (κ1) is 12.0. The summed E-state index contributed by atoms with van der Waals surface area (Å²) in [4.78, 5) is 7.91. The number of hydrogen-bond acceptors (Lipinski definition) is 5. The second-order valence-corrected chi connectivity index (χ2v) is 3.53. The van der Waals surface area contributed by atoms with Gasteiger partial charge in [0, 0.05) is 12.4 Å². The van der Waals surface area contributed by atoms with E-state index in [4.69, 9.17) is 21.0 Å². The van der Waals surface area contributed by atoms with Crippen LogP contribution in [0.15, 0.2) is 36.7 Å². The predicted molar refractivity (Wildman–Crippen MR) is 65.5 cm³/mol. The lowest BCUT2D eigenvalue weighted by Crippen LogP contribution is -2.15. The molecule has 0 radical (unpaired) electrons. The van der Waals surface area contributed by atoms with Crippen molar-refractivity contribution in [3.8, 4) is 11.6 Å². The zero-order chi connectivity index (χ0) is 13.0. The number of benzene rings is 1. The molecular weight excluding hydrogens is 232 g/mol. The van der Waals surface area contributed by atoms with Gasteiger partial charge >= 0.3 is 0 Å². The lowest BCUT2D eigenvalue weighted by molar-refractivity contribution is 0.281. The monoisotopic (exact) mass is 244 g/mol. The van der Waals surface area contributed by atoms with E-state index >= 15 is 0 Å². The summed E-state index contributed by atoms with van der Waals surface area (Å²) in [5.41, 5.74) is 6.36. The highest BCUT2D eigenvalue weighted by Crippen LogP contribution is 2.21. The third kappa shape index (κ3) is 2.61. The van der Waals surface area contributed by atoms with Crippen molar-refractivity contribution in [3.05, 3.63) is 47.9 Å². The average molecular weight is 244 g/mol. The molecule has 18 heavy (non-hydrogen) atoms. The highest BCUT2D eigenvalue weighted by Gasteiger charge is 2.10. The molecule has 6 nitrogen and oxygen atoms in total. The van der Waals surface area contributed by atoms with E-state index in [1.54, 1.807) is 24.3 Å². The van der Waals surface area contributed by atoms with Gasteiger partial charge in [0.25, 0.3) is 0 Å². The Morgan fingerprint density at radius 2 is 1.89 bits per heavy atom. The fourth-order valence-electron chi connectivity index (χ4n) is 1.36. The Labute approximate surface area is 104 Å². The lowest BCUT2D eigenvalue weighted by Gasteiger charge is -2.08. The highest BCUT2D eigenvalue weighted by molar-refractivity contribution is 5.95. The Morgan fingerprint density at radius 3 is 2.50 bits per heavy atom. The molecule has 0 spiro atoms. The van der Waals surface area contributed by atoms with Gasteiger partial charge in [-0.25, -0.2) is 9.97 Å². The molecule has 1 heterocycles. The second kappa shape index (κ2) is 5.24. The number of aliphatic hydroxyl groups is 1. The van der Waals surface area contributed by atoms with Gasteiger partial charge in [0.15, 0.2) is 5.69 Å². The topological polar surface area (TPSA) is 105 Å². The normalized spacial score (nSPS) is 10.1. The number of nitrogen functional groups attached to an aromatic ring is 1. The first-order chi connectivity index (χ1) is 8.70. The van der Waals surface area contributed by atoms with Crippen LogP contribution in [0.1, 0.15) is 11.3 Å². The van der Waals surface area contributed by atoms with Crippen molar-refractivity contribution in [2.75, 3.05) is 0 Å². The maximum absolute atomic E-state index is 8.93. The van der Waals surface area contributed by atoms with Crippen molar-refractivity contribution in [2.24, 2.45) is 5.73 Å². The smallest absolute Gasteiger partial charge is 0.249 e. The van der Waals surface area contributed by atoms with Gasteiger partial charge in [0.1, 0.15) is 11.6 Å². The summed E-state index contributed by atoms with van der Waals surface area (Å²) in [5.74, 6) is 0.516. The Hall–Kier alpha value is -2.47. The number of rotatable bonds is 4. The summed E-state index contributed by atoms with van der Waals surface area (Å²) in [6, 6.07) is 6.87. The van der Waals surface area contributed by atoms with E-state index in [1.165, 1.54) is 12.4 Å². The van der Waals surface area contributed by atoms with Crippen molar-refractivity contribution in [1.29, 1.82) is 5.41 Å². The van der Waals surface area contributed by atoms with Crippen LogP contribution in [-0.2, 0) is 6.61 Å². The van der Waals surface area contributed by atoms with Crippen molar-refractivity contribution in [2.45, 2.75) is 6.61 Å². The number of nitrogens with zero attached hydrogens (tertiary/aromatic N) is 2. The van der Waals surface area contributed by atoms with Crippen LogP contribution in [0, 0.1) is 5.41 Å². The van der Waals surface area contributed by atoms with E-state index in [0.29, 0.717) is 5.75 Å². The molecule has 0 aliphatic heterocycles. The van der Waals surface area contributed by atoms with Gasteiger partial charge in [-0.2, -0.15) is 0 Å². The first-order valence-electron chi connectivity index (χ1n) is 5.24. The van der Waals surface area contributed by atoms with Gasteiger partial charge in [-0.3, -0.25) is 5.41 Å². The van der Waals surface area contributed by atoms with Crippen LogP contribution < -0.4 is 10.5 Å². The molecule has 4 N–H and O–H groups in total. The van der Waals surface area contributed by atoms with E-state index in [2.05, 4.69) is 9.97 Å². The molecule has 1 aromatic carbocycles. The fraction of sp³-hybridized carbons (Fsp3) is 0.0833. The maximum Gasteiger partial charge on any atom is 0.249 e. The molecule has 1 aromatic heterocycles. The van der Waals surface area contributed by atoms with Gasteiger partial charge in [0.05, 0.1) is 6.61 Å². The standard InChI is InChI=1S/C12H12N4O2/c13-11(14)10-12(16-6-5-15-10)18-9-3-1-8(7-17)2-4-9/h1-6,17H,7H2,(H3,13,14). The third-order valence-corrected chi connectivity index (χ3v) is 2.24. The zero-order valence-electron chi connectivity index (χ0n) is 9.50. The summed E-state index contributed by atoms with van der Waals surface area (Å²) >= 11 is 0. The van der Waals surface area contributed by atoms with Crippen LogP contribution in [0.25, 0.3) is 0 Å². The number of aromatic nitrogens is 2. The van der Waals surface area contributed by atoms with Crippen LogP contribution in [0.3, 0.4) is 0 Å². The summed E-state index contributed by atoms with van der Waals surface area (Å²) < 4.78 is 5.49. The molecule has 0 unspecified atom stereocenters. The molecule has 0 fully saturated rings. The number of hydrogen-bond donors (Lipinski definition) is 3. The Kier molecular flexibility index (Phi) is 3.49. The molecule has 0 aliphatic rings. The fourth-order valence-corrected chi connectivity index (χ4v) is 1.36. The predicted octanol–water partition coefficient (Wildman–Crippen LogP) is 1.05. The molecule has 92 valence electrons. The number of ether oxygens (including phenoxy) is 1. The van der Waals surface area contributed by atoms with Gasteiger partial charge < -0.3 is 15.6 Å². The summed E-state index contributed by atoms with van der Waals surface area (Å²) in [6.45, 7) is -0.0237. The Bertz CT molecular complexity index is 554. The molecule has 2 rings (SSSR count). The molecular formula is C12H12N4O2. The molecule has 2 aromatic rings. The molecule has 0 amide bonds. The van der Waals surface area contributed by atoms with Gasteiger partial charge in [-0.1, -0.05) is 12.1 Å². The van der Waals surface area contributed by atoms with E-state index in [9.17, 15) is 0 Å². The quantitative estimate of drug-likeness (QED) is 0.550. The molecule has 0 aliphatic carbocycles. The lowest BCUT2D eigenvalue weighted by atomic mass is 10.2. The Balaban J connectivity index is 2.25. The van der Waals surface area contributed by atoms with Crippen LogP contribution in [0.5, 0.6) is 11.6 Å². The van der Waals surface area contributed by atoms with Gasteiger partial charge in [-0.15, -0.1) is 0 Å². The number of nitrogens with two attached hydrogens (primary N) is 1. The van der Waals surface area contributed by atoms with Crippen LogP contribution in [0.2, 0.25) is 0 Å². The van der Waals surface area contributed by atoms with E-state index in [-0.39, 0.29) is 24.0 Å². The number of aliphatic hydroxyl groups excluding tert-OH is 1. The maximum atomic E-state index is 8.93. The van der Waals surface area contributed by atoms with Crippen molar-refractivity contribution < 1.29 is 9.84 Å². The van der Waals surface area contributed by atoms with E-state index in [1.807, 2.05) is 0 Å². The summed E-state index contributed by atoms with van der Waals surface area (Å²) in [6.07, 6.45) is 2.91. The van der Waals surface area contributed by atoms with Crippen LogP contribution in [0.4, 0.5) is 0 Å². The number of amidine groups is 1. The highest BCUT2D eigenvalue weighted by atomic mass is 16.5. The second-order valence-electron chi connectivity index (χ2n) is 3.53. The van der Waals surface area contributed by atoms with E-state index in [0.717, 1.165) is 5.56 Å². The van der Waals surface area contributed by atoms with E-state index < -0.39 is 0 Å². The van der Waals surface area contributed by atoms with Crippen LogP contribution >= 0.6 is 0 Å². The van der Waals surface area contributed by atoms with Crippen molar-refractivity contribution in [3.63, 3.8) is 0 Å². The molecule has 0 saturated carbocycles. The van der Waals surface area contributed by atoms with Crippen LogP contribution in [-0.4, -0.2) is 20.9 Å². The minimum atomic E-state index is -0.204. The average Bonchev–Trinajstić information content (AvgIpc) is 2.40. The SMILES string of the molecule is N=C(N)c1nccnc1Oc1ccc(CO)cc1. The van der Waals surface area contributed by atoms with Crippen molar-refractivity contribution >= 4 is 5.84 Å². The molecule has 6 heteroatoms. The minimum absolute atomic E-state index is 0.0237. The summed E-state index contributed by atoms with van der Waals surface area (Å²) in [7, 11) is 0. The number of nitrogens with one attached hydrogen (secondary N) is 1. The summed E-state index contributed by atoms with van der Waals surface area (Å²) in [5, 5.41) is 16.3. The van der Waals surface area contributed by atoms with Gasteiger partial charge in [0.2, 0.25) is 5.88 Å². The Morgan fingerprint density at radius 1 is 1.22 bits per heavy atom. The van der Waals surface area contributed by atoms with Gasteiger partial charge in [-0.05, 0) is 17.7 Å². The van der Waals surface area contributed by atoms with Crippen molar-refractivity contribution in [1.82, 2.24) is 9.97 Å². The first-order valence-corrected chi connectivity index (χ1v) is 5.24. The molecule has 0 saturated heterocycles.